The monoisotopic (exact) mass is 560 g/mol. The van der Waals surface area contributed by atoms with E-state index in [1.807, 2.05) is 19.1 Å². The lowest BCUT2D eigenvalue weighted by molar-refractivity contribution is -0.143. The van der Waals surface area contributed by atoms with E-state index in [4.69, 9.17) is 18.3 Å². The van der Waals surface area contributed by atoms with Crippen LogP contribution < -0.4 is 14.8 Å². The third-order valence-corrected chi connectivity index (χ3v) is 7.34. The molecule has 0 bridgehead atoms. The van der Waals surface area contributed by atoms with Crippen molar-refractivity contribution >= 4 is 11.8 Å². The van der Waals surface area contributed by atoms with E-state index in [0.717, 1.165) is 37.7 Å². The maximum Gasteiger partial charge on any atom is 0.250 e. The van der Waals surface area contributed by atoms with Gasteiger partial charge in [-0.15, -0.1) is 10.2 Å². The van der Waals surface area contributed by atoms with Crippen LogP contribution in [0.2, 0.25) is 0 Å². The second-order valence-electron chi connectivity index (χ2n) is 10.5. The van der Waals surface area contributed by atoms with Crippen LogP contribution in [0.5, 0.6) is 11.5 Å². The molecule has 0 saturated heterocycles. The minimum absolute atomic E-state index is 0.0496. The Morgan fingerprint density at radius 3 is 2.54 bits per heavy atom. The van der Waals surface area contributed by atoms with E-state index >= 15 is 0 Å². The maximum atomic E-state index is 14.0. The van der Waals surface area contributed by atoms with Crippen molar-refractivity contribution in [2.75, 3.05) is 6.79 Å². The first kappa shape index (κ1) is 26.6. The third kappa shape index (κ3) is 5.96. The lowest BCUT2D eigenvalue weighted by Gasteiger charge is -2.32. The van der Waals surface area contributed by atoms with Crippen LogP contribution in [0.3, 0.4) is 0 Å². The molecule has 41 heavy (non-hydrogen) atoms. The highest BCUT2D eigenvalue weighted by Crippen LogP contribution is 2.34. The number of carbonyl (C=O) groups excluding carboxylic acids is 2. The van der Waals surface area contributed by atoms with Crippen molar-refractivity contribution in [3.63, 3.8) is 0 Å². The van der Waals surface area contributed by atoms with Crippen molar-refractivity contribution < 1.29 is 27.9 Å². The maximum absolute atomic E-state index is 14.0. The second kappa shape index (κ2) is 11.5. The van der Waals surface area contributed by atoms with Crippen LogP contribution >= 0.6 is 0 Å². The molecule has 1 saturated carbocycles. The SMILES string of the molecule is Cc1ccc(-c2nnn(CC(=O)N(Cc3ccc4c(c3)OCO4)[C@@H](C(=O)NC3CCCCC3)c3ccc(C)o3)n2)o1. The molecule has 3 aromatic heterocycles. The fraction of sp³-hybridized carbons (Fsp3) is 0.414. The summed E-state index contributed by atoms with van der Waals surface area (Å²) in [6, 6.07) is 11.6. The van der Waals surface area contributed by atoms with Crippen LogP contribution in [0.1, 0.15) is 61.0 Å². The minimum Gasteiger partial charge on any atom is -0.464 e. The highest BCUT2D eigenvalue weighted by molar-refractivity contribution is 5.88. The van der Waals surface area contributed by atoms with Crippen LogP contribution in [0.25, 0.3) is 11.6 Å². The number of furan rings is 2. The number of fused-ring (bicyclic) bond motifs is 1. The van der Waals surface area contributed by atoms with Crippen LogP contribution in [0, 0.1) is 13.8 Å². The molecule has 0 unspecified atom stereocenters. The van der Waals surface area contributed by atoms with Crippen molar-refractivity contribution in [2.24, 2.45) is 0 Å². The van der Waals surface area contributed by atoms with Crippen molar-refractivity contribution in [3.05, 3.63) is 65.3 Å². The zero-order chi connectivity index (χ0) is 28.3. The van der Waals surface area contributed by atoms with E-state index in [2.05, 4.69) is 20.7 Å². The largest absolute Gasteiger partial charge is 0.464 e. The smallest absolute Gasteiger partial charge is 0.250 e. The molecule has 1 aliphatic heterocycles. The third-order valence-electron chi connectivity index (χ3n) is 7.34. The number of amides is 2. The Morgan fingerprint density at radius 1 is 1.00 bits per heavy atom. The summed E-state index contributed by atoms with van der Waals surface area (Å²) in [5, 5.41) is 15.6. The lowest BCUT2D eigenvalue weighted by Crippen LogP contribution is -2.47. The van der Waals surface area contributed by atoms with Crippen LogP contribution in [-0.2, 0) is 22.7 Å². The molecule has 4 heterocycles. The minimum atomic E-state index is -1.01. The number of hydrogen-bond donors (Lipinski definition) is 1. The average molecular weight is 561 g/mol. The summed E-state index contributed by atoms with van der Waals surface area (Å²) < 4.78 is 22.5. The molecule has 12 heteroatoms. The zero-order valence-corrected chi connectivity index (χ0v) is 23.0. The van der Waals surface area contributed by atoms with Gasteiger partial charge >= 0.3 is 0 Å². The average Bonchev–Trinajstić information content (AvgIpc) is 3.77. The van der Waals surface area contributed by atoms with Gasteiger partial charge in [0.25, 0.3) is 5.91 Å². The van der Waals surface area contributed by atoms with E-state index in [9.17, 15) is 9.59 Å². The standard InChI is InChI=1S/C29H32N6O6/c1-18-8-11-23(40-18)27(29(37)30-21-6-4-3-5-7-21)34(15-20-10-13-22-25(14-20)39-17-38-22)26(36)16-35-32-28(31-33-35)24-12-9-19(2)41-24/h8-14,21,27H,3-7,15-17H2,1-2H3,(H,30,37)/t27-/m1/s1. The van der Waals surface area contributed by atoms with Crippen LogP contribution in [0.15, 0.2) is 51.3 Å². The summed E-state index contributed by atoms with van der Waals surface area (Å²) in [7, 11) is 0. The molecule has 1 N–H and O–H groups in total. The number of nitrogens with zero attached hydrogens (tertiary/aromatic N) is 5. The highest BCUT2D eigenvalue weighted by atomic mass is 16.7. The van der Waals surface area contributed by atoms with Crippen LogP contribution in [-0.4, -0.2) is 49.8 Å². The molecule has 0 radical (unpaired) electrons. The number of ether oxygens (including phenoxy) is 2. The van der Waals surface area contributed by atoms with Gasteiger partial charge in [-0.25, -0.2) is 0 Å². The fourth-order valence-electron chi connectivity index (χ4n) is 5.29. The number of nitrogens with one attached hydrogen (secondary N) is 1. The number of benzene rings is 1. The molecule has 1 atom stereocenters. The Kier molecular flexibility index (Phi) is 7.45. The van der Waals surface area contributed by atoms with E-state index < -0.39 is 6.04 Å². The number of carbonyl (C=O) groups is 2. The normalized spacial score (nSPS) is 15.6. The molecule has 1 aliphatic carbocycles. The lowest BCUT2D eigenvalue weighted by atomic mass is 9.95. The first-order chi connectivity index (χ1) is 19.9. The van der Waals surface area contributed by atoms with Gasteiger partial charge in [0.15, 0.2) is 23.3 Å². The number of hydrogen-bond acceptors (Lipinski definition) is 9. The molecule has 1 fully saturated rings. The Morgan fingerprint density at radius 2 is 1.78 bits per heavy atom. The summed E-state index contributed by atoms with van der Waals surface area (Å²) in [5.74, 6) is 2.98. The van der Waals surface area contributed by atoms with Crippen molar-refractivity contribution in [2.45, 2.75) is 71.1 Å². The van der Waals surface area contributed by atoms with Crippen LogP contribution in [0.4, 0.5) is 0 Å². The Bertz CT molecular complexity index is 1530. The first-order valence-corrected chi connectivity index (χ1v) is 13.8. The highest BCUT2D eigenvalue weighted by Gasteiger charge is 2.36. The molecule has 2 aliphatic rings. The second-order valence-corrected chi connectivity index (χ2v) is 10.5. The van der Waals surface area contributed by atoms with Crippen molar-refractivity contribution in [1.82, 2.24) is 30.4 Å². The summed E-state index contributed by atoms with van der Waals surface area (Å²) in [6.07, 6.45) is 5.09. The van der Waals surface area contributed by atoms with Gasteiger partial charge in [0.2, 0.25) is 18.5 Å². The molecule has 1 aromatic carbocycles. The Balaban J connectivity index is 1.32. The zero-order valence-electron chi connectivity index (χ0n) is 23.0. The first-order valence-electron chi connectivity index (χ1n) is 13.8. The van der Waals surface area contributed by atoms with Crippen molar-refractivity contribution in [3.8, 4) is 23.1 Å². The van der Waals surface area contributed by atoms with Gasteiger partial charge in [-0.1, -0.05) is 25.3 Å². The van der Waals surface area contributed by atoms with Crippen molar-refractivity contribution in [1.29, 1.82) is 0 Å². The molecular weight excluding hydrogens is 528 g/mol. The molecule has 0 spiro atoms. The molecule has 6 rings (SSSR count). The molecule has 214 valence electrons. The summed E-state index contributed by atoms with van der Waals surface area (Å²) in [5.41, 5.74) is 0.764. The fourth-order valence-corrected chi connectivity index (χ4v) is 5.29. The molecule has 4 aromatic rings. The number of tetrazole rings is 1. The van der Waals surface area contributed by atoms with Gasteiger partial charge < -0.3 is 28.5 Å². The number of aryl methyl sites for hydroxylation is 2. The van der Waals surface area contributed by atoms with Gasteiger partial charge in [-0.3, -0.25) is 9.59 Å². The predicted octanol–water partition coefficient (Wildman–Crippen LogP) is 4.09. The van der Waals surface area contributed by atoms with Gasteiger partial charge in [-0.2, -0.15) is 4.80 Å². The predicted molar refractivity (Wildman–Crippen MR) is 145 cm³/mol. The summed E-state index contributed by atoms with van der Waals surface area (Å²) in [6.45, 7) is 3.62. The molecule has 2 amide bonds. The quantitative estimate of drug-likeness (QED) is 0.321. The Hall–Kier alpha value is -4.61. The van der Waals surface area contributed by atoms with E-state index in [-0.39, 0.29) is 43.6 Å². The summed E-state index contributed by atoms with van der Waals surface area (Å²) >= 11 is 0. The Labute approximate surface area is 236 Å². The molecular formula is C29H32N6O6. The number of rotatable bonds is 9. The van der Waals surface area contributed by atoms with Gasteiger partial charge in [-0.05, 0) is 73.9 Å². The van der Waals surface area contributed by atoms with E-state index in [0.29, 0.717) is 34.5 Å². The molecule has 12 nitrogen and oxygen atoms in total. The van der Waals surface area contributed by atoms with E-state index in [1.54, 1.807) is 37.3 Å². The topological polar surface area (TPSA) is 138 Å². The van der Waals surface area contributed by atoms with E-state index in [1.165, 1.54) is 9.70 Å². The number of aromatic nitrogens is 4. The van der Waals surface area contributed by atoms with Gasteiger partial charge in [0.05, 0.1) is 0 Å². The van der Waals surface area contributed by atoms with Gasteiger partial charge in [0.1, 0.15) is 23.8 Å². The van der Waals surface area contributed by atoms with Gasteiger partial charge in [0, 0.05) is 12.6 Å². The summed E-state index contributed by atoms with van der Waals surface area (Å²) in [4.78, 5) is 30.6.